The average molecular weight is 771 g/mol. The minimum Gasteiger partial charge on any atom is -0.444 e. The van der Waals surface area contributed by atoms with Crippen LogP contribution in [0.2, 0.25) is 0 Å². The molecule has 2 atom stereocenters. The molecule has 9 rings (SSSR count). The molecular formula is C47H58N6O4. The maximum absolute atomic E-state index is 13.1. The van der Waals surface area contributed by atoms with Crippen molar-refractivity contribution in [2.75, 3.05) is 13.1 Å². The Balaban J connectivity index is 1.05. The first-order valence-electron chi connectivity index (χ1n) is 21.3. The van der Waals surface area contributed by atoms with Gasteiger partial charge >= 0.3 is 12.2 Å². The van der Waals surface area contributed by atoms with Crippen LogP contribution in [-0.2, 0) is 22.3 Å². The van der Waals surface area contributed by atoms with Crippen LogP contribution in [0.25, 0.3) is 44.3 Å². The first-order chi connectivity index (χ1) is 27.1. The zero-order valence-electron chi connectivity index (χ0n) is 34.8. The zero-order chi connectivity index (χ0) is 39.9. The van der Waals surface area contributed by atoms with E-state index in [0.717, 1.165) is 78.2 Å². The van der Waals surface area contributed by atoms with Crippen LogP contribution in [-0.4, -0.2) is 66.2 Å². The third-order valence-corrected chi connectivity index (χ3v) is 12.9. The maximum Gasteiger partial charge on any atom is 0.410 e. The number of aromatic amines is 2. The van der Waals surface area contributed by atoms with Crippen molar-refractivity contribution in [3.05, 3.63) is 71.3 Å². The summed E-state index contributed by atoms with van der Waals surface area (Å²) in [5.74, 6) is 2.43. The van der Waals surface area contributed by atoms with E-state index in [1.807, 2.05) is 51.3 Å². The van der Waals surface area contributed by atoms with Crippen molar-refractivity contribution >= 4 is 34.3 Å². The monoisotopic (exact) mass is 770 g/mol. The normalized spacial score (nSPS) is 21.2. The van der Waals surface area contributed by atoms with Crippen molar-refractivity contribution in [1.82, 2.24) is 29.7 Å². The van der Waals surface area contributed by atoms with Gasteiger partial charge in [-0.25, -0.2) is 19.6 Å². The van der Waals surface area contributed by atoms with E-state index in [0.29, 0.717) is 13.1 Å². The predicted octanol–water partition coefficient (Wildman–Crippen LogP) is 11.2. The maximum atomic E-state index is 13.1. The van der Waals surface area contributed by atoms with Gasteiger partial charge in [0.1, 0.15) is 22.9 Å². The number of amides is 2. The number of ether oxygens (including phenoxy) is 2. The van der Waals surface area contributed by atoms with Crippen molar-refractivity contribution < 1.29 is 19.1 Å². The standard InChI is InChI=1S/C47H58N6O4/c1-28-18-20-47(21-19-28)26-33-31(29-12-16-35-37(24-29)50-41(48-35)39-10-8-22-52(39)43(54)56-45(2,3)4)14-15-32(34(33)27-47)30-13-17-36-38(25-30)51-42(49-36)40-11-9-23-53(40)44(55)57-46(5,6)7/h12-17,24-25,28,39-40H,8-11,18-23,26-27H2,1-7H3,(H,48,50)(H,49,51)/t39-,40-/m0/s1. The average Bonchev–Trinajstić information content (AvgIpc) is 3.98. The molecule has 0 unspecified atom stereocenters. The lowest BCUT2D eigenvalue weighted by atomic mass is 9.69. The van der Waals surface area contributed by atoms with E-state index in [2.05, 4.69) is 65.4 Å². The summed E-state index contributed by atoms with van der Waals surface area (Å²) in [6.45, 7) is 15.2. The number of likely N-dealkylation sites (tertiary alicyclic amines) is 2. The fourth-order valence-electron chi connectivity index (χ4n) is 10.1. The Bertz CT molecular complexity index is 2200. The number of hydrogen-bond acceptors (Lipinski definition) is 6. The van der Waals surface area contributed by atoms with Crippen LogP contribution in [0.3, 0.4) is 0 Å². The molecule has 4 aliphatic rings. The minimum absolute atomic E-state index is 0.127. The molecule has 1 spiro atoms. The van der Waals surface area contributed by atoms with Gasteiger partial charge in [-0.2, -0.15) is 0 Å². The first-order valence-corrected chi connectivity index (χ1v) is 21.3. The molecule has 2 N–H and O–H groups in total. The molecule has 5 aromatic rings. The van der Waals surface area contributed by atoms with Gasteiger partial charge < -0.3 is 19.4 Å². The topological polar surface area (TPSA) is 116 Å². The summed E-state index contributed by atoms with van der Waals surface area (Å²) in [6, 6.07) is 17.6. The second-order valence-electron chi connectivity index (χ2n) is 19.5. The van der Waals surface area contributed by atoms with Crippen LogP contribution in [0.4, 0.5) is 9.59 Å². The molecule has 3 fully saturated rings. The highest BCUT2D eigenvalue weighted by molar-refractivity contribution is 5.88. The van der Waals surface area contributed by atoms with Gasteiger partial charge in [0, 0.05) is 13.1 Å². The molecule has 4 heterocycles. The Labute approximate surface area is 336 Å². The van der Waals surface area contributed by atoms with E-state index >= 15 is 0 Å². The quantitative estimate of drug-likeness (QED) is 0.188. The molecule has 3 aromatic carbocycles. The summed E-state index contributed by atoms with van der Waals surface area (Å²) >= 11 is 0. The summed E-state index contributed by atoms with van der Waals surface area (Å²) < 4.78 is 11.5. The third kappa shape index (κ3) is 7.29. The lowest BCUT2D eigenvalue weighted by Gasteiger charge is -2.36. The molecule has 2 aromatic heterocycles. The fourth-order valence-corrected chi connectivity index (χ4v) is 10.1. The molecule has 2 aliphatic carbocycles. The number of carbonyl (C=O) groups excluding carboxylic acids is 2. The molecular weight excluding hydrogens is 713 g/mol. The number of nitrogens with one attached hydrogen (secondary N) is 2. The van der Waals surface area contributed by atoms with Crippen molar-refractivity contribution in [3.8, 4) is 22.3 Å². The molecule has 10 nitrogen and oxygen atoms in total. The number of fused-ring (bicyclic) bond motifs is 3. The molecule has 10 heteroatoms. The van der Waals surface area contributed by atoms with Crippen LogP contribution in [0, 0.1) is 11.3 Å². The summed E-state index contributed by atoms with van der Waals surface area (Å²) in [5.41, 5.74) is 10.9. The van der Waals surface area contributed by atoms with Crippen LogP contribution in [0.1, 0.15) is 135 Å². The molecule has 0 bridgehead atoms. The van der Waals surface area contributed by atoms with E-state index in [-0.39, 0.29) is 29.7 Å². The predicted molar refractivity (Wildman–Crippen MR) is 224 cm³/mol. The zero-order valence-corrected chi connectivity index (χ0v) is 34.8. The third-order valence-electron chi connectivity index (χ3n) is 12.9. The van der Waals surface area contributed by atoms with Gasteiger partial charge in [0.15, 0.2) is 0 Å². The Kier molecular flexibility index (Phi) is 9.20. The number of aromatic nitrogens is 4. The molecule has 300 valence electrons. The number of H-pyrrole nitrogens is 2. The van der Waals surface area contributed by atoms with Crippen LogP contribution < -0.4 is 0 Å². The van der Waals surface area contributed by atoms with Crippen molar-refractivity contribution in [3.63, 3.8) is 0 Å². The largest absolute Gasteiger partial charge is 0.444 e. The lowest BCUT2D eigenvalue weighted by molar-refractivity contribution is 0.0208. The van der Waals surface area contributed by atoms with Gasteiger partial charge in [-0.1, -0.05) is 44.0 Å². The van der Waals surface area contributed by atoms with E-state index in [4.69, 9.17) is 19.4 Å². The second-order valence-corrected chi connectivity index (χ2v) is 19.5. The van der Waals surface area contributed by atoms with Crippen molar-refractivity contribution in [2.24, 2.45) is 11.3 Å². The van der Waals surface area contributed by atoms with E-state index in [9.17, 15) is 9.59 Å². The van der Waals surface area contributed by atoms with Gasteiger partial charge in [0.25, 0.3) is 0 Å². The smallest absolute Gasteiger partial charge is 0.410 e. The number of hydrogen-bond donors (Lipinski definition) is 2. The van der Waals surface area contributed by atoms with Gasteiger partial charge in [0.05, 0.1) is 34.2 Å². The van der Waals surface area contributed by atoms with Crippen molar-refractivity contribution in [1.29, 1.82) is 0 Å². The molecule has 57 heavy (non-hydrogen) atoms. The molecule has 1 saturated carbocycles. The van der Waals surface area contributed by atoms with Crippen LogP contribution >= 0.6 is 0 Å². The Hall–Kier alpha value is -4.86. The highest BCUT2D eigenvalue weighted by atomic mass is 16.6. The SMILES string of the molecule is CC1CCC2(CC1)Cc1c(-c3ccc4nc([C@@H]5CCCN5C(=O)OC(C)(C)C)[nH]c4c3)ccc(-c3ccc4nc([C@@H]5CCCN5C(=O)OC(C)(C)C)[nH]c4c3)c1C2. The summed E-state index contributed by atoms with van der Waals surface area (Å²) in [7, 11) is 0. The summed E-state index contributed by atoms with van der Waals surface area (Å²) in [4.78, 5) is 47.1. The highest BCUT2D eigenvalue weighted by Gasteiger charge is 2.42. The number of nitrogens with zero attached hydrogens (tertiary/aromatic N) is 4. The minimum atomic E-state index is -0.547. The number of carbonyl (C=O) groups is 2. The van der Waals surface area contributed by atoms with Gasteiger partial charge in [-0.15, -0.1) is 0 Å². The van der Waals surface area contributed by atoms with Gasteiger partial charge in [-0.05, 0) is 162 Å². The van der Waals surface area contributed by atoms with E-state index < -0.39 is 11.2 Å². The number of benzene rings is 3. The highest BCUT2D eigenvalue weighted by Crippen LogP contribution is 2.53. The van der Waals surface area contributed by atoms with Crippen molar-refractivity contribution in [2.45, 2.75) is 136 Å². The molecule has 2 amide bonds. The number of imidazole rings is 2. The molecule has 2 aliphatic heterocycles. The fraction of sp³-hybridized carbons (Fsp3) is 0.532. The Morgan fingerprint density at radius 3 is 1.53 bits per heavy atom. The van der Waals surface area contributed by atoms with E-state index in [1.54, 1.807) is 0 Å². The second kappa shape index (κ2) is 13.9. The summed E-state index contributed by atoms with van der Waals surface area (Å²) in [5, 5.41) is 0. The Morgan fingerprint density at radius 1 is 0.667 bits per heavy atom. The van der Waals surface area contributed by atoms with Crippen LogP contribution in [0.15, 0.2) is 48.5 Å². The van der Waals surface area contributed by atoms with Gasteiger partial charge in [0.2, 0.25) is 0 Å². The molecule has 0 radical (unpaired) electrons. The summed E-state index contributed by atoms with van der Waals surface area (Å²) in [6.07, 6.45) is 10.3. The lowest BCUT2D eigenvalue weighted by Crippen LogP contribution is -2.36. The Morgan fingerprint density at radius 2 is 1.11 bits per heavy atom. The first kappa shape index (κ1) is 37.7. The van der Waals surface area contributed by atoms with E-state index in [1.165, 1.54) is 59.1 Å². The molecule has 2 saturated heterocycles. The number of rotatable bonds is 4. The van der Waals surface area contributed by atoms with Gasteiger partial charge in [-0.3, -0.25) is 9.80 Å². The van der Waals surface area contributed by atoms with Crippen LogP contribution in [0.5, 0.6) is 0 Å².